The van der Waals surface area contributed by atoms with Gasteiger partial charge in [-0.3, -0.25) is 9.59 Å². The fourth-order valence-electron chi connectivity index (χ4n) is 8.81. The summed E-state index contributed by atoms with van der Waals surface area (Å²) in [4.78, 5) is 43.0. The SMILES string of the molecule is CC(=O)[C@@]1(O)CC[C@H]2[C@@H]3CCC4=CC(=NOCC(=O)N5CCC[C@H]5C(=O)O)CC[C@]4(C)[C@H]3CC[C@@]21C. The van der Waals surface area contributed by atoms with Crippen LogP contribution in [0.25, 0.3) is 0 Å². The molecule has 0 aromatic heterocycles. The van der Waals surface area contributed by atoms with Gasteiger partial charge in [-0.15, -0.1) is 0 Å². The lowest BCUT2D eigenvalue weighted by Gasteiger charge is -2.59. The number of nitrogens with zero attached hydrogens (tertiary/aromatic N) is 2. The van der Waals surface area contributed by atoms with Crippen LogP contribution in [-0.4, -0.2) is 63.3 Å². The minimum absolute atomic E-state index is 0.0752. The first kappa shape index (κ1) is 25.4. The van der Waals surface area contributed by atoms with Gasteiger partial charge >= 0.3 is 5.97 Å². The Bertz CT molecular complexity index is 1020. The van der Waals surface area contributed by atoms with Crippen LogP contribution in [0.3, 0.4) is 0 Å². The summed E-state index contributed by atoms with van der Waals surface area (Å²) >= 11 is 0. The number of allylic oxidation sites excluding steroid dienone is 2. The molecule has 0 aromatic rings. The summed E-state index contributed by atoms with van der Waals surface area (Å²) in [6.07, 6.45) is 10.6. The van der Waals surface area contributed by atoms with Gasteiger partial charge in [-0.05, 0) is 100 Å². The van der Waals surface area contributed by atoms with E-state index in [9.17, 15) is 24.6 Å². The first-order chi connectivity index (χ1) is 17.0. The van der Waals surface area contributed by atoms with E-state index >= 15 is 0 Å². The molecule has 1 heterocycles. The fraction of sp³-hybridized carbons (Fsp3) is 0.786. The van der Waals surface area contributed by atoms with Crippen LogP contribution in [-0.2, 0) is 19.2 Å². The largest absolute Gasteiger partial charge is 0.480 e. The standard InChI is InChI=1S/C28H40N2O6/c1-17(31)28(35)13-10-22-20-7-6-18-15-19(8-11-26(18,2)21(20)9-12-27(22,28)3)29-36-16-24(32)30-14-4-5-23(30)25(33)34/h15,20-23,35H,4-14,16H2,1-3H3,(H,33,34)/t20-,21+,22+,23+,26+,27+,28+/m1/s1. The van der Waals surface area contributed by atoms with Crippen molar-refractivity contribution in [3.05, 3.63) is 11.6 Å². The molecule has 8 heteroatoms. The summed E-state index contributed by atoms with van der Waals surface area (Å²) in [5, 5.41) is 24.9. The fourth-order valence-corrected chi connectivity index (χ4v) is 8.81. The van der Waals surface area contributed by atoms with Crippen LogP contribution in [0.4, 0.5) is 0 Å². The number of Topliss-reactive ketones (excluding diaryl/α,β-unsaturated/α-hetero) is 1. The lowest BCUT2D eigenvalue weighted by molar-refractivity contribution is -0.159. The number of carbonyl (C=O) groups is 3. The Kier molecular flexibility index (Phi) is 6.33. The highest BCUT2D eigenvalue weighted by molar-refractivity contribution is 5.96. The van der Waals surface area contributed by atoms with Crippen molar-refractivity contribution >= 4 is 23.4 Å². The molecule has 3 saturated carbocycles. The second kappa shape index (κ2) is 8.96. The van der Waals surface area contributed by atoms with Crippen molar-refractivity contribution in [3.8, 4) is 0 Å². The van der Waals surface area contributed by atoms with Crippen LogP contribution in [0.15, 0.2) is 16.8 Å². The van der Waals surface area contributed by atoms with Crippen LogP contribution in [0.2, 0.25) is 0 Å². The third-order valence-corrected chi connectivity index (χ3v) is 10.9. The Morgan fingerprint density at radius 3 is 2.56 bits per heavy atom. The Hall–Kier alpha value is -2.22. The molecule has 5 rings (SSSR count). The molecular formula is C28H40N2O6. The minimum Gasteiger partial charge on any atom is -0.480 e. The number of hydrogen-bond acceptors (Lipinski definition) is 6. The third-order valence-electron chi connectivity index (χ3n) is 10.9. The molecule has 0 aromatic carbocycles. The quantitative estimate of drug-likeness (QED) is 0.556. The molecule has 4 fully saturated rings. The van der Waals surface area contributed by atoms with Crippen LogP contribution >= 0.6 is 0 Å². The van der Waals surface area contributed by atoms with Gasteiger partial charge in [0.2, 0.25) is 0 Å². The van der Waals surface area contributed by atoms with Crippen molar-refractivity contribution < 1.29 is 29.4 Å². The van der Waals surface area contributed by atoms with Crippen molar-refractivity contribution in [2.24, 2.45) is 33.7 Å². The van der Waals surface area contributed by atoms with Gasteiger partial charge in [0.1, 0.15) is 11.6 Å². The molecule has 0 bridgehead atoms. The van der Waals surface area contributed by atoms with Crippen LogP contribution in [0.1, 0.15) is 85.0 Å². The Balaban J connectivity index is 1.26. The first-order valence-corrected chi connectivity index (χ1v) is 13.7. The van der Waals surface area contributed by atoms with E-state index in [1.807, 2.05) is 0 Å². The van der Waals surface area contributed by atoms with Crippen molar-refractivity contribution in [2.45, 2.75) is 96.6 Å². The van der Waals surface area contributed by atoms with E-state index in [-0.39, 0.29) is 29.1 Å². The van der Waals surface area contributed by atoms with E-state index in [1.165, 1.54) is 10.5 Å². The topological polar surface area (TPSA) is 117 Å². The van der Waals surface area contributed by atoms with Crippen LogP contribution < -0.4 is 0 Å². The second-order valence-corrected chi connectivity index (χ2v) is 12.4. The van der Waals surface area contributed by atoms with E-state index in [2.05, 4.69) is 25.1 Å². The zero-order chi connectivity index (χ0) is 25.9. The Morgan fingerprint density at radius 1 is 1.08 bits per heavy atom. The lowest BCUT2D eigenvalue weighted by Crippen LogP contribution is -2.57. The molecular weight excluding hydrogens is 460 g/mol. The van der Waals surface area contributed by atoms with Crippen molar-refractivity contribution in [3.63, 3.8) is 0 Å². The van der Waals surface area contributed by atoms with Gasteiger partial charge in [-0.1, -0.05) is 24.6 Å². The number of carboxylic acid groups (broad SMARTS) is 1. The van der Waals surface area contributed by atoms with Gasteiger partial charge in [0.15, 0.2) is 12.4 Å². The zero-order valence-corrected chi connectivity index (χ0v) is 21.8. The van der Waals surface area contributed by atoms with Crippen LogP contribution in [0.5, 0.6) is 0 Å². The average Bonchev–Trinajstić information content (AvgIpc) is 3.43. The smallest absolute Gasteiger partial charge is 0.326 e. The van der Waals surface area contributed by atoms with E-state index in [0.29, 0.717) is 43.6 Å². The normalized spacial score (nSPS) is 42.8. The predicted octanol–water partition coefficient (Wildman–Crippen LogP) is 3.72. The molecule has 198 valence electrons. The number of carbonyl (C=O) groups excluding carboxylic acids is 2. The monoisotopic (exact) mass is 500 g/mol. The molecule has 8 nitrogen and oxygen atoms in total. The van der Waals surface area contributed by atoms with Crippen LogP contribution in [0, 0.1) is 28.6 Å². The summed E-state index contributed by atoms with van der Waals surface area (Å²) in [5.74, 6) is 0.0734. The van der Waals surface area contributed by atoms with Gasteiger partial charge in [0.05, 0.1) is 5.71 Å². The van der Waals surface area contributed by atoms with Crippen molar-refractivity contribution in [2.75, 3.05) is 13.2 Å². The number of likely N-dealkylation sites (tertiary alicyclic amines) is 1. The average molecular weight is 501 g/mol. The lowest BCUT2D eigenvalue weighted by atomic mass is 9.46. The number of aliphatic hydroxyl groups is 1. The predicted molar refractivity (Wildman–Crippen MR) is 133 cm³/mol. The molecule has 2 N–H and O–H groups in total. The number of hydrogen-bond donors (Lipinski definition) is 2. The molecule has 1 saturated heterocycles. The van der Waals surface area contributed by atoms with E-state index < -0.39 is 17.6 Å². The van der Waals surface area contributed by atoms with Gasteiger partial charge < -0.3 is 20.0 Å². The summed E-state index contributed by atoms with van der Waals surface area (Å²) in [6, 6.07) is -0.759. The molecule has 0 spiro atoms. The van der Waals surface area contributed by atoms with Crippen molar-refractivity contribution in [1.29, 1.82) is 0 Å². The molecule has 5 aliphatic rings. The number of amides is 1. The number of carboxylic acids is 1. The van der Waals surface area contributed by atoms with Gasteiger partial charge in [-0.2, -0.15) is 0 Å². The molecule has 7 atom stereocenters. The van der Waals surface area contributed by atoms with Gasteiger partial charge in [-0.25, -0.2) is 4.79 Å². The molecule has 4 aliphatic carbocycles. The van der Waals surface area contributed by atoms with Crippen molar-refractivity contribution in [1.82, 2.24) is 4.90 Å². The van der Waals surface area contributed by atoms with Gasteiger partial charge in [0.25, 0.3) is 5.91 Å². The molecule has 0 radical (unpaired) electrons. The summed E-state index contributed by atoms with van der Waals surface area (Å²) < 4.78 is 0. The molecule has 1 amide bonds. The zero-order valence-electron chi connectivity index (χ0n) is 21.8. The number of rotatable bonds is 5. The molecule has 36 heavy (non-hydrogen) atoms. The van der Waals surface area contributed by atoms with E-state index in [4.69, 9.17) is 4.84 Å². The maximum absolute atomic E-state index is 12.5. The summed E-state index contributed by atoms with van der Waals surface area (Å²) in [6.45, 7) is 6.30. The number of ketones is 1. The Labute approximate surface area is 213 Å². The number of fused-ring (bicyclic) bond motifs is 5. The highest BCUT2D eigenvalue weighted by atomic mass is 16.6. The Morgan fingerprint density at radius 2 is 1.83 bits per heavy atom. The summed E-state index contributed by atoms with van der Waals surface area (Å²) in [5.41, 5.74) is 0.824. The molecule has 1 aliphatic heterocycles. The summed E-state index contributed by atoms with van der Waals surface area (Å²) in [7, 11) is 0. The van der Waals surface area contributed by atoms with E-state index in [0.717, 1.165) is 50.7 Å². The second-order valence-electron chi connectivity index (χ2n) is 12.4. The molecule has 0 unspecified atom stereocenters. The highest BCUT2D eigenvalue weighted by Crippen LogP contribution is 2.67. The van der Waals surface area contributed by atoms with Gasteiger partial charge in [0, 0.05) is 12.0 Å². The number of oxime groups is 1. The maximum atomic E-state index is 12.5. The minimum atomic E-state index is -1.18. The first-order valence-electron chi connectivity index (χ1n) is 13.7. The third kappa shape index (κ3) is 3.74. The number of aliphatic carboxylic acids is 1. The highest BCUT2D eigenvalue weighted by Gasteiger charge is 2.65. The maximum Gasteiger partial charge on any atom is 0.326 e. The van der Waals surface area contributed by atoms with E-state index in [1.54, 1.807) is 6.92 Å².